The lowest BCUT2D eigenvalue weighted by Gasteiger charge is -2.11. The predicted octanol–water partition coefficient (Wildman–Crippen LogP) is 4.36. The van der Waals surface area contributed by atoms with Crippen LogP contribution in [-0.2, 0) is 6.54 Å². The molecule has 0 fully saturated rings. The minimum Gasteiger partial charge on any atom is -0.508 e. The quantitative estimate of drug-likeness (QED) is 0.764. The summed E-state index contributed by atoms with van der Waals surface area (Å²) in [7, 11) is 0. The van der Waals surface area contributed by atoms with E-state index in [0.29, 0.717) is 5.75 Å². The predicted molar refractivity (Wildman–Crippen MR) is 92.8 cm³/mol. The number of phenols is 1. The Balaban J connectivity index is 1.87. The number of aromatic hydroxyl groups is 1. The van der Waals surface area contributed by atoms with Crippen molar-refractivity contribution in [3.05, 3.63) is 71.4 Å². The third kappa shape index (κ3) is 2.40. The molecule has 3 heteroatoms. The van der Waals surface area contributed by atoms with Gasteiger partial charge in [0.1, 0.15) is 5.75 Å². The van der Waals surface area contributed by atoms with Crippen LogP contribution in [0.25, 0.3) is 22.4 Å². The Bertz CT molecular complexity index is 929. The SMILES string of the molecule is Cc1cc(-c2ncccc2-c2ccc3c(c2)C=NC3)ccc1O. The molecule has 2 heterocycles. The molecule has 0 aliphatic carbocycles. The summed E-state index contributed by atoms with van der Waals surface area (Å²) in [6.45, 7) is 2.67. The van der Waals surface area contributed by atoms with E-state index in [1.165, 1.54) is 11.1 Å². The number of nitrogens with zero attached hydrogens (tertiary/aromatic N) is 2. The Morgan fingerprint density at radius 3 is 2.74 bits per heavy atom. The number of aryl methyl sites for hydroxylation is 1. The Hall–Kier alpha value is -2.94. The lowest BCUT2D eigenvalue weighted by atomic mass is 9.96. The molecule has 1 aromatic heterocycles. The van der Waals surface area contributed by atoms with Crippen LogP contribution < -0.4 is 0 Å². The number of pyridine rings is 1. The first-order valence-corrected chi connectivity index (χ1v) is 7.60. The highest BCUT2D eigenvalue weighted by atomic mass is 16.3. The van der Waals surface area contributed by atoms with E-state index in [2.05, 4.69) is 34.2 Å². The first kappa shape index (κ1) is 13.7. The van der Waals surface area contributed by atoms with Crippen molar-refractivity contribution in [2.75, 3.05) is 0 Å². The van der Waals surface area contributed by atoms with Gasteiger partial charge in [-0.3, -0.25) is 9.98 Å². The first-order valence-electron chi connectivity index (χ1n) is 7.60. The minimum atomic E-state index is 0.306. The zero-order chi connectivity index (χ0) is 15.8. The number of aliphatic imine (C=N–C) groups is 1. The average Bonchev–Trinajstić information content (AvgIpc) is 3.05. The zero-order valence-corrected chi connectivity index (χ0v) is 12.8. The van der Waals surface area contributed by atoms with Gasteiger partial charge in [0.25, 0.3) is 0 Å². The third-order valence-electron chi connectivity index (χ3n) is 4.23. The molecular formula is C20H16N2O. The molecular weight excluding hydrogens is 284 g/mol. The van der Waals surface area contributed by atoms with Crippen molar-refractivity contribution in [3.63, 3.8) is 0 Å². The molecule has 0 spiro atoms. The van der Waals surface area contributed by atoms with Gasteiger partial charge in [0.15, 0.2) is 0 Å². The highest BCUT2D eigenvalue weighted by molar-refractivity contribution is 5.89. The van der Waals surface area contributed by atoms with Crippen LogP contribution in [0.5, 0.6) is 5.75 Å². The maximum absolute atomic E-state index is 9.75. The van der Waals surface area contributed by atoms with E-state index >= 15 is 0 Å². The van der Waals surface area contributed by atoms with Crippen LogP contribution in [0.1, 0.15) is 16.7 Å². The molecule has 0 unspecified atom stereocenters. The van der Waals surface area contributed by atoms with Crippen LogP contribution in [0.3, 0.4) is 0 Å². The van der Waals surface area contributed by atoms with Crippen molar-refractivity contribution in [1.29, 1.82) is 0 Å². The first-order chi connectivity index (χ1) is 11.2. The van der Waals surface area contributed by atoms with Gasteiger partial charge in [-0.05, 0) is 59.5 Å². The van der Waals surface area contributed by atoms with Crippen LogP contribution in [-0.4, -0.2) is 16.3 Å². The fourth-order valence-corrected chi connectivity index (χ4v) is 2.94. The molecule has 0 amide bonds. The Labute approximate surface area is 135 Å². The molecule has 0 saturated carbocycles. The van der Waals surface area contributed by atoms with Crippen molar-refractivity contribution >= 4 is 6.21 Å². The normalized spacial score (nSPS) is 12.4. The van der Waals surface area contributed by atoms with E-state index in [-0.39, 0.29) is 0 Å². The molecule has 0 atom stereocenters. The fourth-order valence-electron chi connectivity index (χ4n) is 2.94. The van der Waals surface area contributed by atoms with Gasteiger partial charge in [-0.15, -0.1) is 0 Å². The summed E-state index contributed by atoms with van der Waals surface area (Å²) >= 11 is 0. The number of hydrogen-bond acceptors (Lipinski definition) is 3. The molecule has 0 radical (unpaired) electrons. The van der Waals surface area contributed by atoms with Gasteiger partial charge in [-0.2, -0.15) is 0 Å². The molecule has 1 aliphatic rings. The second kappa shape index (κ2) is 5.36. The highest BCUT2D eigenvalue weighted by Crippen LogP contribution is 2.33. The standard InChI is InChI=1S/C20H16N2O/c1-13-9-15(6-7-19(13)23)20-18(3-2-8-22-20)14-4-5-16-11-21-12-17(16)10-14/h2-10,12,23H,11H2,1H3. The van der Waals surface area contributed by atoms with Crippen LogP contribution in [0.15, 0.2) is 59.7 Å². The van der Waals surface area contributed by atoms with Crippen molar-refractivity contribution in [2.45, 2.75) is 13.5 Å². The van der Waals surface area contributed by atoms with Gasteiger partial charge < -0.3 is 5.11 Å². The van der Waals surface area contributed by atoms with Crippen molar-refractivity contribution < 1.29 is 5.11 Å². The van der Waals surface area contributed by atoms with Crippen LogP contribution in [0, 0.1) is 6.92 Å². The smallest absolute Gasteiger partial charge is 0.118 e. The third-order valence-corrected chi connectivity index (χ3v) is 4.23. The van der Waals surface area contributed by atoms with Gasteiger partial charge in [0.2, 0.25) is 0 Å². The number of fused-ring (bicyclic) bond motifs is 1. The van der Waals surface area contributed by atoms with E-state index in [4.69, 9.17) is 0 Å². The molecule has 0 bridgehead atoms. The second-order valence-electron chi connectivity index (χ2n) is 5.78. The molecule has 2 aromatic carbocycles. The van der Waals surface area contributed by atoms with Gasteiger partial charge in [-0.25, -0.2) is 0 Å². The lowest BCUT2D eigenvalue weighted by Crippen LogP contribution is -1.91. The zero-order valence-electron chi connectivity index (χ0n) is 12.8. The number of rotatable bonds is 2. The highest BCUT2D eigenvalue weighted by Gasteiger charge is 2.12. The Kier molecular flexibility index (Phi) is 3.19. The van der Waals surface area contributed by atoms with E-state index in [1.54, 1.807) is 12.3 Å². The average molecular weight is 300 g/mol. The van der Waals surface area contributed by atoms with E-state index < -0.39 is 0 Å². The minimum absolute atomic E-state index is 0.306. The van der Waals surface area contributed by atoms with Gasteiger partial charge >= 0.3 is 0 Å². The van der Waals surface area contributed by atoms with Crippen molar-refractivity contribution in [3.8, 4) is 28.1 Å². The summed E-state index contributed by atoms with van der Waals surface area (Å²) in [6, 6.07) is 16.1. The molecule has 1 N–H and O–H groups in total. The van der Waals surface area contributed by atoms with E-state index in [9.17, 15) is 5.11 Å². The summed E-state index contributed by atoms with van der Waals surface area (Å²) in [5, 5.41) is 9.75. The van der Waals surface area contributed by atoms with E-state index in [1.807, 2.05) is 31.3 Å². The van der Waals surface area contributed by atoms with Gasteiger partial charge in [0, 0.05) is 23.5 Å². The fraction of sp³-hybridized carbons (Fsp3) is 0.100. The van der Waals surface area contributed by atoms with Gasteiger partial charge in [-0.1, -0.05) is 18.2 Å². The number of benzene rings is 2. The molecule has 23 heavy (non-hydrogen) atoms. The van der Waals surface area contributed by atoms with Crippen molar-refractivity contribution in [1.82, 2.24) is 4.98 Å². The van der Waals surface area contributed by atoms with Crippen LogP contribution >= 0.6 is 0 Å². The summed E-state index contributed by atoms with van der Waals surface area (Å²) in [5.74, 6) is 0.306. The Morgan fingerprint density at radius 1 is 1.00 bits per heavy atom. The van der Waals surface area contributed by atoms with Crippen LogP contribution in [0.4, 0.5) is 0 Å². The molecule has 112 valence electrons. The topological polar surface area (TPSA) is 45.5 Å². The summed E-state index contributed by atoms with van der Waals surface area (Å²) < 4.78 is 0. The number of phenolic OH excluding ortho intramolecular Hbond substituents is 1. The largest absolute Gasteiger partial charge is 0.508 e. The maximum atomic E-state index is 9.75. The van der Waals surface area contributed by atoms with Gasteiger partial charge in [0.05, 0.1) is 12.2 Å². The molecule has 4 rings (SSSR count). The maximum Gasteiger partial charge on any atom is 0.118 e. The molecule has 1 aliphatic heterocycles. The molecule has 0 saturated heterocycles. The van der Waals surface area contributed by atoms with Crippen molar-refractivity contribution in [2.24, 2.45) is 4.99 Å². The summed E-state index contributed by atoms with van der Waals surface area (Å²) in [5.41, 5.74) is 7.43. The van der Waals surface area contributed by atoms with E-state index in [0.717, 1.165) is 34.5 Å². The number of hydrogen-bond donors (Lipinski definition) is 1. The Morgan fingerprint density at radius 2 is 1.87 bits per heavy atom. The summed E-state index contributed by atoms with van der Waals surface area (Å²) in [4.78, 5) is 8.89. The molecule has 3 aromatic rings. The monoisotopic (exact) mass is 300 g/mol. The molecule has 3 nitrogen and oxygen atoms in total. The van der Waals surface area contributed by atoms with Crippen LogP contribution in [0.2, 0.25) is 0 Å². The second-order valence-corrected chi connectivity index (χ2v) is 5.78. The lowest BCUT2D eigenvalue weighted by molar-refractivity contribution is 0.471. The summed E-state index contributed by atoms with van der Waals surface area (Å²) in [6.07, 6.45) is 3.73. The number of aromatic nitrogens is 1.